The number of β-amino-alcohol motifs (C(OH)–C–C–N with tert-alkyl or cyclic N) is 3. The second kappa shape index (κ2) is 50.0. The van der Waals surface area contributed by atoms with Crippen LogP contribution in [0.5, 0.6) is 0 Å². The average Bonchev–Trinajstić information content (AvgIpc) is 1.65. The van der Waals surface area contributed by atoms with Gasteiger partial charge in [-0.3, -0.25) is 4.79 Å². The Morgan fingerprint density at radius 1 is 0.667 bits per heavy atom. The van der Waals surface area contributed by atoms with E-state index in [0.717, 1.165) is 21.7 Å². The molecule has 37 heteroatoms. The van der Waals surface area contributed by atoms with Gasteiger partial charge in [0.25, 0.3) is 6.47 Å². The molecule has 0 spiro atoms. The Bertz CT molecular complexity index is 2640. The summed E-state index contributed by atoms with van der Waals surface area (Å²) in [7, 11) is 5.46. The number of likely N-dealkylation sites (tertiary alicyclic amines) is 3. The predicted molar refractivity (Wildman–Crippen MR) is 347 cm³/mol. The topological polar surface area (TPSA) is 453 Å². The molecule has 3 amide bonds. The molecular formula is C59H118ClN6NaO27OsS. The van der Waals surface area contributed by atoms with Crippen LogP contribution in [-0.4, -0.2) is 280 Å². The molecule has 11 atom stereocenters. The van der Waals surface area contributed by atoms with Gasteiger partial charge in [0.05, 0.1) is 70.0 Å². The number of sulfonamides is 1. The summed E-state index contributed by atoms with van der Waals surface area (Å²) >= 11 is -6.06. The zero-order chi connectivity index (χ0) is 73.4. The third kappa shape index (κ3) is 43.3. The molecule has 0 aromatic rings. The van der Waals surface area contributed by atoms with E-state index < -0.39 is 95.1 Å². The van der Waals surface area contributed by atoms with Crippen LogP contribution in [0.3, 0.4) is 0 Å². The summed E-state index contributed by atoms with van der Waals surface area (Å²) in [6, 6.07) is 0. The Labute approximate surface area is 600 Å². The number of rotatable bonds is 10. The van der Waals surface area contributed by atoms with Gasteiger partial charge in [-0.2, -0.15) is 9.21 Å². The fourth-order valence-corrected chi connectivity index (χ4v) is 9.07. The first-order valence-electron chi connectivity index (χ1n) is 28.6. The van der Waals surface area contributed by atoms with E-state index >= 15 is 0 Å². The minimum absolute atomic E-state index is 0. The monoisotopic (exact) mass is 1620 g/mol. The number of nitrogens with one attached hydrogen (secondary N) is 1. The van der Waals surface area contributed by atoms with Gasteiger partial charge < -0.3 is 98.7 Å². The molecule has 5 fully saturated rings. The van der Waals surface area contributed by atoms with Crippen LogP contribution in [-0.2, 0) is 86.6 Å². The summed E-state index contributed by atoms with van der Waals surface area (Å²) in [5, 5.41) is 72.2. The molecule has 0 aromatic heterocycles. The van der Waals surface area contributed by atoms with Gasteiger partial charge >= 0.3 is 76.8 Å². The average molecular weight is 1620 g/mol. The Balaban J connectivity index is -0.000000157. The number of nitroso groups, excluding NO2 is 1. The van der Waals surface area contributed by atoms with Crippen molar-refractivity contribution in [3.05, 3.63) is 40.4 Å². The number of aliphatic hydroxyl groups excluding tert-OH is 3. The number of hydrogen-bond acceptors (Lipinski definition) is 29. The molecule has 0 aromatic carbocycles. The number of aliphatic hydroxyl groups is 6. The van der Waals surface area contributed by atoms with Crippen LogP contribution in [0.1, 0.15) is 126 Å². The molecule has 33 nitrogen and oxygen atoms in total. The van der Waals surface area contributed by atoms with E-state index in [-0.39, 0.29) is 120 Å². The van der Waals surface area contributed by atoms with Gasteiger partial charge in [-0.05, 0) is 122 Å². The van der Waals surface area contributed by atoms with Crippen molar-refractivity contribution in [1.82, 2.24) is 24.3 Å². The zero-order valence-electron chi connectivity index (χ0n) is 59.3. The number of halogens is 1. The first-order chi connectivity index (χ1) is 41.7. The van der Waals surface area contributed by atoms with Crippen molar-refractivity contribution < 1.29 is 165 Å². The molecular weight excluding hydrogens is 1510 g/mol. The number of amides is 3. The van der Waals surface area contributed by atoms with Crippen molar-refractivity contribution in [2.45, 2.75) is 208 Å². The molecule has 7 N–H and O–H groups in total. The zero-order valence-corrected chi connectivity index (χ0v) is 65.5. The van der Waals surface area contributed by atoms with Crippen molar-refractivity contribution in [2.75, 3.05) is 114 Å². The summed E-state index contributed by atoms with van der Waals surface area (Å²) < 4.78 is 99.6. The number of nitrogens with zero attached hydrogens (tertiary/aromatic N) is 5. The predicted octanol–water partition coefficient (Wildman–Crippen LogP) is 0.486. The molecule has 0 bridgehead atoms. The number of carbonyl (C=O) groups is 4. The van der Waals surface area contributed by atoms with E-state index in [1.807, 2.05) is 61.5 Å². The van der Waals surface area contributed by atoms with Crippen molar-refractivity contribution in [3.63, 3.8) is 0 Å². The van der Waals surface area contributed by atoms with Crippen LogP contribution in [0.4, 0.5) is 14.4 Å². The molecule has 5 rings (SSSR count). The third-order valence-corrected chi connectivity index (χ3v) is 14.7. The maximum atomic E-state index is 11.9. The van der Waals surface area contributed by atoms with E-state index in [4.69, 9.17) is 67.0 Å². The summed E-state index contributed by atoms with van der Waals surface area (Å²) in [6.45, 7) is 36.1. The first kappa shape index (κ1) is 109. The molecule has 96 heavy (non-hydrogen) atoms. The van der Waals surface area contributed by atoms with Crippen molar-refractivity contribution in [1.29, 1.82) is 0 Å². The number of carbonyl (C=O) groups excluding carboxylic acids is 4. The van der Waals surface area contributed by atoms with Gasteiger partial charge in [-0.15, -0.1) is 12.4 Å². The van der Waals surface area contributed by atoms with Crippen molar-refractivity contribution in [3.8, 4) is 0 Å². The van der Waals surface area contributed by atoms with Gasteiger partial charge in [0.15, 0.2) is 0 Å². The second-order valence-electron chi connectivity index (χ2n) is 24.5. The number of hydrogen-bond donors (Lipinski definition) is 7. The fraction of sp³-hybridized carbons (Fsp3) is 0.831. The summed E-state index contributed by atoms with van der Waals surface area (Å²) in [5.41, 5.74) is -2.16. The summed E-state index contributed by atoms with van der Waals surface area (Å²) in [5.74, 6) is 0. The Morgan fingerprint density at radius 3 is 1.23 bits per heavy atom. The molecule has 0 unspecified atom stereocenters. The Morgan fingerprint density at radius 2 is 0.990 bits per heavy atom. The summed E-state index contributed by atoms with van der Waals surface area (Å²) in [4.78, 5) is 59.8. The Hall–Kier alpha value is -3.38. The van der Waals surface area contributed by atoms with E-state index in [2.05, 4.69) is 41.9 Å². The number of ether oxygens (including phenoxy) is 8. The Kier molecular flexibility index (Phi) is 56.6. The molecule has 5 heterocycles. The van der Waals surface area contributed by atoms with Crippen molar-refractivity contribution in [2.24, 2.45) is 5.18 Å². The summed E-state index contributed by atoms with van der Waals surface area (Å²) in [6.07, 6.45) is -0.413. The molecule has 0 aliphatic carbocycles. The van der Waals surface area contributed by atoms with Crippen LogP contribution in [0.2, 0.25) is 0 Å². The molecule has 5 saturated heterocycles. The molecule has 0 radical (unpaired) electrons. The van der Waals surface area contributed by atoms with Crippen LogP contribution >= 0.6 is 12.4 Å². The molecule has 0 saturated carbocycles. The minimum atomic E-state index is -6.06. The van der Waals surface area contributed by atoms with Gasteiger partial charge in [0, 0.05) is 74.8 Å². The van der Waals surface area contributed by atoms with Gasteiger partial charge in [-0.25, -0.2) is 22.8 Å². The quantitative estimate of drug-likeness (QED) is 0.0297. The molecule has 5 aliphatic heterocycles. The van der Waals surface area contributed by atoms with Crippen LogP contribution in [0.25, 0.3) is 0 Å². The van der Waals surface area contributed by atoms with Crippen LogP contribution in [0.15, 0.2) is 40.6 Å². The van der Waals surface area contributed by atoms with Gasteiger partial charge in [0.2, 0.25) is 10.0 Å². The normalized spacial score (nSPS) is 24.7. The standard InChI is InChI=1S/C12H23NO5.C12H21NO3.C11H19NO3.C8H17NO5S.C7H15NO3.C5H10.CH3NO.CH2O3.2CH4.ClH.Na.4O.Os/c1-8(14)12(16)7-13(6-9(12)17-5)10(15)18-11(2,3)4;1-6-9-7-13(8-10(9)15-5)11(14)16-12(2,3)4;1-8-6-12(7-9(8)14-5)10(13)15-11(2,3)4;1-6(10)8(11)5-9(15(3,12)13)4-7(8)14-2;1-5(9)7(10)4-8-3-6(7)11-2;1-4-5(2)3;1-2-3;2-1-4-3;;;;;;;;;/h8-9,14,16H,6-7H2,1-5H3;6,10H,7-8H2,1-5H3;9H,1,6-7H2,2-5H3;6-7,10-11H,4-5H2,1-3H3;5-6,8-10H,3-4H2,1-2H3;4H,1-3H3;1H3;1,3H;2*1H4;1H;;;;;;/q;;;;;;;;;;;+1;;;;;/p-1/b;9-6+;;;;;;;;;;;;;;;/t8-,9-,12+;10-;9-;6-,7-,8+;5-,6-,7+;;;;;;;;;;;;/m00000............/s1. The maximum absolute atomic E-state index is 11.9. The fourth-order valence-electron chi connectivity index (χ4n) is 8.22. The third-order valence-electron chi connectivity index (χ3n) is 13.5. The number of allylic oxidation sites excluding steroid dienone is 3. The SMILES string of the molecule is C.C.C/C=C1\CN(C(=O)OC(C)(C)C)C[C@@H]1OC.C=C1CN(C(=O)OC(C)(C)C)C[C@@H]1OC.CC=C(C)C.CN=O.CO[C@H]1CN(C(=O)OC(C)(C)C)C[C@@]1(O)[C@H](C)O.CO[C@H]1CN(S(C)(=O)=O)C[C@@]1(O)[C@H](C)O.CO[C@H]1CNC[C@@]1(O)[C@H](C)O.Cl.O=CO[O-].[Na+].[O]=[Os](=[O])(=[O])=[O]. The number of methoxy groups -OCH3 is 5. The van der Waals surface area contributed by atoms with E-state index in [1.165, 1.54) is 52.7 Å². The van der Waals surface area contributed by atoms with Gasteiger partial charge in [-0.1, -0.05) is 44.3 Å². The van der Waals surface area contributed by atoms with Crippen molar-refractivity contribution >= 4 is 47.2 Å². The molecule has 5 aliphatic rings. The molecule has 568 valence electrons. The van der Waals surface area contributed by atoms with Gasteiger partial charge in [0.1, 0.15) is 51.9 Å². The van der Waals surface area contributed by atoms with E-state index in [0.29, 0.717) is 39.3 Å². The van der Waals surface area contributed by atoms with E-state index in [1.54, 1.807) is 51.7 Å². The van der Waals surface area contributed by atoms with Crippen LogP contribution < -0.4 is 40.1 Å². The first-order valence-corrected chi connectivity index (χ1v) is 34.6. The van der Waals surface area contributed by atoms with E-state index in [9.17, 15) is 53.4 Å². The second-order valence-corrected chi connectivity index (χ2v) is 29.0. The van der Waals surface area contributed by atoms with Crippen LogP contribution in [0, 0.1) is 4.91 Å².